The molecule has 200 valence electrons. The third-order valence-electron chi connectivity index (χ3n) is 5.89. The Morgan fingerprint density at radius 1 is 0.821 bits per heavy atom. The maximum absolute atomic E-state index is 13.1. The molecule has 39 heavy (non-hydrogen) atoms. The Bertz CT molecular complexity index is 1540. The molecule has 1 atom stereocenters. The van der Waals surface area contributed by atoms with Gasteiger partial charge in [0.05, 0.1) is 29.2 Å². The van der Waals surface area contributed by atoms with Crippen molar-refractivity contribution in [3.05, 3.63) is 120 Å². The Hall–Kier alpha value is -4.63. The molecule has 4 rings (SSSR count). The van der Waals surface area contributed by atoms with E-state index < -0.39 is 22.5 Å². The summed E-state index contributed by atoms with van der Waals surface area (Å²) in [4.78, 5) is 26.2. The Morgan fingerprint density at radius 3 is 2.10 bits per heavy atom. The molecule has 0 heterocycles. The summed E-state index contributed by atoms with van der Waals surface area (Å²) >= 11 is 0. The summed E-state index contributed by atoms with van der Waals surface area (Å²) in [6.45, 7) is 1.34. The molecule has 0 aromatic heterocycles. The Balaban J connectivity index is 1.53. The molecule has 4 aromatic rings. The second-order valence-electron chi connectivity index (χ2n) is 8.85. The first-order valence-corrected chi connectivity index (χ1v) is 14.1. The molecule has 0 spiro atoms. The predicted molar refractivity (Wildman–Crippen MR) is 153 cm³/mol. The van der Waals surface area contributed by atoms with E-state index in [9.17, 15) is 18.0 Å². The van der Waals surface area contributed by atoms with E-state index in [0.29, 0.717) is 5.75 Å². The van der Waals surface area contributed by atoms with Gasteiger partial charge in [0.1, 0.15) is 12.3 Å². The molecular weight excluding hydrogens is 514 g/mol. The molecule has 0 saturated heterocycles. The zero-order chi connectivity index (χ0) is 27.8. The average Bonchev–Trinajstić information content (AvgIpc) is 2.93. The molecule has 0 bridgehead atoms. The van der Waals surface area contributed by atoms with Gasteiger partial charge in [0.2, 0.25) is 15.9 Å². The fourth-order valence-corrected chi connectivity index (χ4v) is 4.82. The molecule has 0 fully saturated rings. The molecule has 9 heteroatoms. The largest absolute Gasteiger partial charge is 0.455 e. The second kappa shape index (κ2) is 12.3. The summed E-state index contributed by atoms with van der Waals surface area (Å²) in [6.07, 6.45) is 1.02. The van der Waals surface area contributed by atoms with Crippen LogP contribution in [0.25, 0.3) is 0 Å². The van der Waals surface area contributed by atoms with Crippen LogP contribution >= 0.6 is 0 Å². The number of para-hydroxylation sites is 4. The summed E-state index contributed by atoms with van der Waals surface area (Å²) in [5.41, 5.74) is 1.67. The molecule has 0 aliphatic heterocycles. The standard InChI is InChI=1S/C30H29N3O5S/c1-22(23-13-5-3-6-14-23)31-30(35)25-17-9-10-18-26(25)32-29(34)21-33(39(2,36)37)27-19-11-12-20-28(27)38-24-15-7-4-8-16-24/h3-20,22H,21H2,1-2H3,(H,31,35)(H,32,34). The number of benzene rings is 4. The van der Waals surface area contributed by atoms with Gasteiger partial charge in [0.15, 0.2) is 5.75 Å². The summed E-state index contributed by atoms with van der Waals surface area (Å²) < 4.78 is 32.5. The van der Waals surface area contributed by atoms with Crippen LogP contribution in [0.4, 0.5) is 11.4 Å². The predicted octanol–water partition coefficient (Wildman–Crippen LogP) is 5.37. The first-order chi connectivity index (χ1) is 18.7. The van der Waals surface area contributed by atoms with Crippen molar-refractivity contribution in [2.75, 3.05) is 22.4 Å². The van der Waals surface area contributed by atoms with Gasteiger partial charge in [-0.25, -0.2) is 8.42 Å². The smallest absolute Gasteiger partial charge is 0.253 e. The first kappa shape index (κ1) is 27.4. The molecule has 2 amide bonds. The molecule has 1 unspecified atom stereocenters. The number of nitrogens with one attached hydrogen (secondary N) is 2. The molecular formula is C30H29N3O5S. The lowest BCUT2D eigenvalue weighted by atomic mass is 10.1. The SMILES string of the molecule is CC(NC(=O)c1ccccc1NC(=O)CN(c1ccccc1Oc1ccccc1)S(C)(=O)=O)c1ccccc1. The summed E-state index contributed by atoms with van der Waals surface area (Å²) in [6, 6.07) is 31.3. The molecule has 0 saturated carbocycles. The van der Waals surface area contributed by atoms with Gasteiger partial charge in [0, 0.05) is 0 Å². The second-order valence-corrected chi connectivity index (χ2v) is 10.8. The average molecular weight is 544 g/mol. The van der Waals surface area contributed by atoms with Gasteiger partial charge in [-0.3, -0.25) is 13.9 Å². The van der Waals surface area contributed by atoms with Crippen LogP contribution in [0.15, 0.2) is 109 Å². The highest BCUT2D eigenvalue weighted by Crippen LogP contribution is 2.33. The van der Waals surface area contributed by atoms with Gasteiger partial charge in [-0.2, -0.15) is 0 Å². The molecule has 4 aromatic carbocycles. The summed E-state index contributed by atoms with van der Waals surface area (Å²) in [7, 11) is -3.88. The van der Waals surface area contributed by atoms with E-state index in [1.807, 2.05) is 43.3 Å². The summed E-state index contributed by atoms with van der Waals surface area (Å²) in [5.74, 6) is -0.195. The number of hydrogen-bond acceptors (Lipinski definition) is 5. The molecule has 2 N–H and O–H groups in total. The fourth-order valence-electron chi connectivity index (χ4n) is 3.96. The zero-order valence-corrected chi connectivity index (χ0v) is 22.4. The highest BCUT2D eigenvalue weighted by molar-refractivity contribution is 7.92. The van der Waals surface area contributed by atoms with Crippen molar-refractivity contribution in [2.45, 2.75) is 13.0 Å². The van der Waals surface area contributed by atoms with Crippen molar-refractivity contribution in [2.24, 2.45) is 0 Å². The number of anilines is 2. The van der Waals surface area contributed by atoms with E-state index in [4.69, 9.17) is 4.74 Å². The van der Waals surface area contributed by atoms with Crippen LogP contribution in [0.2, 0.25) is 0 Å². The molecule has 0 aliphatic carbocycles. The molecule has 8 nitrogen and oxygen atoms in total. The van der Waals surface area contributed by atoms with E-state index in [-0.39, 0.29) is 34.6 Å². The normalized spacial score (nSPS) is 11.7. The molecule has 0 aliphatic rings. The zero-order valence-electron chi connectivity index (χ0n) is 21.6. The van der Waals surface area contributed by atoms with Gasteiger partial charge in [0.25, 0.3) is 5.91 Å². The van der Waals surface area contributed by atoms with E-state index in [2.05, 4.69) is 10.6 Å². The maximum Gasteiger partial charge on any atom is 0.253 e. The van der Waals surface area contributed by atoms with Crippen molar-refractivity contribution in [3.8, 4) is 11.5 Å². The minimum atomic E-state index is -3.88. The van der Waals surface area contributed by atoms with Gasteiger partial charge < -0.3 is 15.4 Å². The number of hydrogen-bond donors (Lipinski definition) is 2. The highest BCUT2D eigenvalue weighted by Gasteiger charge is 2.25. The number of rotatable bonds is 10. The lowest BCUT2D eigenvalue weighted by molar-refractivity contribution is -0.114. The van der Waals surface area contributed by atoms with E-state index in [1.54, 1.807) is 72.8 Å². The monoisotopic (exact) mass is 543 g/mol. The first-order valence-electron chi connectivity index (χ1n) is 12.3. The number of carbonyl (C=O) groups excluding carboxylic acids is 2. The van der Waals surface area contributed by atoms with Crippen molar-refractivity contribution in [1.82, 2.24) is 5.32 Å². The third-order valence-corrected chi connectivity index (χ3v) is 7.01. The topological polar surface area (TPSA) is 105 Å². The van der Waals surface area contributed by atoms with E-state index in [1.165, 1.54) is 0 Å². The van der Waals surface area contributed by atoms with Crippen LogP contribution < -0.4 is 19.7 Å². The maximum atomic E-state index is 13.1. The van der Waals surface area contributed by atoms with Gasteiger partial charge in [-0.15, -0.1) is 0 Å². The number of sulfonamides is 1. The van der Waals surface area contributed by atoms with Crippen molar-refractivity contribution in [3.63, 3.8) is 0 Å². The number of nitrogens with zero attached hydrogens (tertiary/aromatic N) is 1. The molecule has 0 radical (unpaired) electrons. The van der Waals surface area contributed by atoms with Crippen LogP contribution in [-0.4, -0.2) is 33.0 Å². The fraction of sp³-hybridized carbons (Fsp3) is 0.133. The minimum Gasteiger partial charge on any atom is -0.455 e. The number of carbonyl (C=O) groups is 2. The highest BCUT2D eigenvalue weighted by atomic mass is 32.2. The third kappa shape index (κ3) is 7.24. The Labute approximate surface area is 228 Å². The Morgan fingerprint density at radius 2 is 1.41 bits per heavy atom. The van der Waals surface area contributed by atoms with Crippen LogP contribution in [0, 0.1) is 0 Å². The quantitative estimate of drug-likeness (QED) is 0.280. The van der Waals surface area contributed by atoms with Crippen LogP contribution in [-0.2, 0) is 14.8 Å². The van der Waals surface area contributed by atoms with Crippen molar-refractivity contribution >= 4 is 33.2 Å². The minimum absolute atomic E-state index is 0.210. The van der Waals surface area contributed by atoms with E-state index in [0.717, 1.165) is 16.1 Å². The van der Waals surface area contributed by atoms with E-state index >= 15 is 0 Å². The van der Waals surface area contributed by atoms with Gasteiger partial charge in [-0.05, 0) is 48.9 Å². The van der Waals surface area contributed by atoms with Crippen molar-refractivity contribution < 1.29 is 22.7 Å². The van der Waals surface area contributed by atoms with Crippen LogP contribution in [0.3, 0.4) is 0 Å². The van der Waals surface area contributed by atoms with Crippen LogP contribution in [0.1, 0.15) is 28.9 Å². The lowest BCUT2D eigenvalue weighted by Gasteiger charge is -2.24. The lowest BCUT2D eigenvalue weighted by Crippen LogP contribution is -2.38. The number of amides is 2. The summed E-state index contributed by atoms with van der Waals surface area (Å²) in [5, 5.41) is 5.63. The number of ether oxygens (including phenoxy) is 1. The van der Waals surface area contributed by atoms with Gasteiger partial charge >= 0.3 is 0 Å². The van der Waals surface area contributed by atoms with Gasteiger partial charge in [-0.1, -0.05) is 72.8 Å². The van der Waals surface area contributed by atoms with Crippen molar-refractivity contribution in [1.29, 1.82) is 0 Å². The van der Waals surface area contributed by atoms with Crippen LogP contribution in [0.5, 0.6) is 11.5 Å². The Kier molecular flexibility index (Phi) is 8.63.